The summed E-state index contributed by atoms with van der Waals surface area (Å²) in [6.45, 7) is 5.28. The highest BCUT2D eigenvalue weighted by molar-refractivity contribution is 9.10. The summed E-state index contributed by atoms with van der Waals surface area (Å²) in [5, 5.41) is 6.12. The molecule has 0 heterocycles. The van der Waals surface area contributed by atoms with Crippen LogP contribution in [0.1, 0.15) is 38.3 Å². The van der Waals surface area contributed by atoms with Crippen molar-refractivity contribution in [3.05, 3.63) is 34.3 Å². The zero-order chi connectivity index (χ0) is 13.4. The van der Waals surface area contributed by atoms with E-state index >= 15 is 0 Å². The van der Waals surface area contributed by atoms with Crippen LogP contribution < -0.4 is 10.6 Å². The average molecular weight is 313 g/mol. The van der Waals surface area contributed by atoms with E-state index in [0.717, 1.165) is 23.9 Å². The predicted octanol–water partition coefficient (Wildman–Crippen LogP) is 3.02. The Kier molecular flexibility index (Phi) is 6.98. The molecular formula is C14H21BrN2O. The number of carbonyl (C=O) groups is 1. The molecular weight excluding hydrogens is 292 g/mol. The fourth-order valence-corrected chi connectivity index (χ4v) is 2.28. The summed E-state index contributed by atoms with van der Waals surface area (Å²) >= 11 is 3.51. The molecule has 100 valence electrons. The number of benzene rings is 1. The molecule has 0 fully saturated rings. The van der Waals surface area contributed by atoms with Crippen molar-refractivity contribution in [2.75, 3.05) is 13.1 Å². The Morgan fingerprint density at radius 2 is 2.11 bits per heavy atom. The Morgan fingerprint density at radius 1 is 1.39 bits per heavy atom. The summed E-state index contributed by atoms with van der Waals surface area (Å²) in [4.78, 5) is 11.6. The van der Waals surface area contributed by atoms with Crippen LogP contribution in [0.2, 0.25) is 0 Å². The number of halogens is 1. The first-order valence-electron chi connectivity index (χ1n) is 6.39. The Hall–Kier alpha value is -0.870. The van der Waals surface area contributed by atoms with E-state index in [-0.39, 0.29) is 11.9 Å². The minimum absolute atomic E-state index is 0.0577. The van der Waals surface area contributed by atoms with Crippen LogP contribution in [0.5, 0.6) is 0 Å². The highest BCUT2D eigenvalue weighted by atomic mass is 79.9. The summed E-state index contributed by atoms with van der Waals surface area (Å²) in [7, 11) is 0. The van der Waals surface area contributed by atoms with Gasteiger partial charge in [0, 0.05) is 17.1 Å². The lowest BCUT2D eigenvalue weighted by Gasteiger charge is -2.15. The van der Waals surface area contributed by atoms with Gasteiger partial charge in [-0.1, -0.05) is 47.5 Å². The first kappa shape index (κ1) is 15.2. The summed E-state index contributed by atoms with van der Waals surface area (Å²) < 4.78 is 1.07. The molecule has 0 aromatic heterocycles. The van der Waals surface area contributed by atoms with Crippen LogP contribution in [0.3, 0.4) is 0 Å². The maximum atomic E-state index is 11.6. The standard InChI is InChI=1S/C14H21BrN2O/c1-3-4-9-16-14(18)10-17-11(2)12-7-5-6-8-13(12)15/h5-8,11,17H,3-4,9-10H2,1-2H3,(H,16,18)/t11-/m1/s1. The van der Waals surface area contributed by atoms with E-state index in [9.17, 15) is 4.79 Å². The molecule has 0 unspecified atom stereocenters. The second-order valence-electron chi connectivity index (χ2n) is 4.33. The fourth-order valence-electron chi connectivity index (χ4n) is 1.65. The SMILES string of the molecule is CCCCNC(=O)CN[C@H](C)c1ccccc1Br. The van der Waals surface area contributed by atoms with E-state index in [1.165, 1.54) is 5.56 Å². The van der Waals surface area contributed by atoms with E-state index in [1.54, 1.807) is 0 Å². The van der Waals surface area contributed by atoms with Crippen LogP contribution in [0.15, 0.2) is 28.7 Å². The van der Waals surface area contributed by atoms with E-state index in [0.29, 0.717) is 6.54 Å². The maximum Gasteiger partial charge on any atom is 0.233 e. The van der Waals surface area contributed by atoms with Crippen molar-refractivity contribution in [1.82, 2.24) is 10.6 Å². The number of nitrogens with one attached hydrogen (secondary N) is 2. The molecule has 0 saturated heterocycles. The Balaban J connectivity index is 2.35. The van der Waals surface area contributed by atoms with Crippen molar-refractivity contribution in [2.24, 2.45) is 0 Å². The first-order valence-corrected chi connectivity index (χ1v) is 7.19. The van der Waals surface area contributed by atoms with Crippen LogP contribution >= 0.6 is 15.9 Å². The quantitative estimate of drug-likeness (QED) is 0.760. The number of hydrogen-bond acceptors (Lipinski definition) is 2. The second kappa shape index (κ2) is 8.27. The minimum Gasteiger partial charge on any atom is -0.355 e. The molecule has 0 aliphatic carbocycles. The van der Waals surface area contributed by atoms with Crippen molar-refractivity contribution in [3.8, 4) is 0 Å². The van der Waals surface area contributed by atoms with Gasteiger partial charge in [0.2, 0.25) is 5.91 Å². The first-order chi connectivity index (χ1) is 8.65. The third kappa shape index (κ3) is 5.19. The van der Waals surface area contributed by atoms with Gasteiger partial charge in [-0.2, -0.15) is 0 Å². The normalized spacial score (nSPS) is 12.2. The smallest absolute Gasteiger partial charge is 0.233 e. The molecule has 0 saturated carbocycles. The molecule has 18 heavy (non-hydrogen) atoms. The second-order valence-corrected chi connectivity index (χ2v) is 5.18. The molecule has 0 spiro atoms. The highest BCUT2D eigenvalue weighted by Crippen LogP contribution is 2.22. The van der Waals surface area contributed by atoms with Gasteiger partial charge in [-0.15, -0.1) is 0 Å². The topological polar surface area (TPSA) is 41.1 Å². The largest absolute Gasteiger partial charge is 0.355 e. The van der Waals surface area contributed by atoms with Gasteiger partial charge in [0.05, 0.1) is 6.54 Å². The number of carbonyl (C=O) groups excluding carboxylic acids is 1. The molecule has 2 N–H and O–H groups in total. The lowest BCUT2D eigenvalue weighted by atomic mass is 10.1. The van der Waals surface area contributed by atoms with E-state index in [1.807, 2.05) is 18.2 Å². The van der Waals surface area contributed by atoms with Gasteiger partial charge in [0.1, 0.15) is 0 Å². The summed E-state index contributed by atoms with van der Waals surface area (Å²) in [5.41, 5.74) is 1.17. The third-order valence-corrected chi connectivity index (χ3v) is 3.52. The van der Waals surface area contributed by atoms with Gasteiger partial charge in [-0.25, -0.2) is 0 Å². The lowest BCUT2D eigenvalue weighted by molar-refractivity contribution is -0.120. The average Bonchev–Trinajstić information content (AvgIpc) is 2.37. The Labute approximate surface area is 117 Å². The van der Waals surface area contributed by atoms with Gasteiger partial charge in [0.15, 0.2) is 0 Å². The van der Waals surface area contributed by atoms with Gasteiger partial charge < -0.3 is 10.6 Å². The van der Waals surface area contributed by atoms with Crippen molar-refractivity contribution in [2.45, 2.75) is 32.7 Å². The Morgan fingerprint density at radius 3 is 2.78 bits per heavy atom. The number of unbranched alkanes of at least 4 members (excludes halogenated alkanes) is 1. The number of rotatable bonds is 7. The molecule has 4 heteroatoms. The summed E-state index contributed by atoms with van der Waals surface area (Å²) in [5.74, 6) is 0.0577. The molecule has 0 aliphatic rings. The fraction of sp³-hybridized carbons (Fsp3) is 0.500. The molecule has 1 aromatic rings. The van der Waals surface area contributed by atoms with E-state index in [4.69, 9.17) is 0 Å². The zero-order valence-corrected chi connectivity index (χ0v) is 12.6. The molecule has 1 atom stereocenters. The van der Waals surface area contributed by atoms with Crippen LogP contribution in [-0.4, -0.2) is 19.0 Å². The van der Waals surface area contributed by atoms with Crippen molar-refractivity contribution < 1.29 is 4.79 Å². The molecule has 0 radical (unpaired) electrons. The molecule has 1 amide bonds. The number of amides is 1. The molecule has 3 nitrogen and oxygen atoms in total. The van der Waals surface area contributed by atoms with Gasteiger partial charge in [0.25, 0.3) is 0 Å². The zero-order valence-electron chi connectivity index (χ0n) is 11.0. The monoisotopic (exact) mass is 312 g/mol. The lowest BCUT2D eigenvalue weighted by Crippen LogP contribution is -2.35. The van der Waals surface area contributed by atoms with Gasteiger partial charge in [-0.05, 0) is 25.0 Å². The Bertz CT molecular complexity index is 382. The number of hydrogen-bond donors (Lipinski definition) is 2. The van der Waals surface area contributed by atoms with E-state index < -0.39 is 0 Å². The molecule has 0 bridgehead atoms. The van der Waals surface area contributed by atoms with Crippen molar-refractivity contribution in [3.63, 3.8) is 0 Å². The van der Waals surface area contributed by atoms with Crippen molar-refractivity contribution >= 4 is 21.8 Å². The summed E-state index contributed by atoms with van der Waals surface area (Å²) in [6, 6.07) is 8.20. The van der Waals surface area contributed by atoms with Crippen LogP contribution in [0.4, 0.5) is 0 Å². The van der Waals surface area contributed by atoms with Crippen LogP contribution in [0, 0.1) is 0 Å². The highest BCUT2D eigenvalue weighted by Gasteiger charge is 2.09. The molecule has 1 aromatic carbocycles. The predicted molar refractivity (Wildman–Crippen MR) is 78.5 cm³/mol. The van der Waals surface area contributed by atoms with E-state index in [2.05, 4.69) is 46.5 Å². The minimum atomic E-state index is 0.0577. The van der Waals surface area contributed by atoms with Gasteiger partial charge in [-0.3, -0.25) is 4.79 Å². The summed E-state index contributed by atoms with van der Waals surface area (Å²) in [6.07, 6.45) is 2.13. The van der Waals surface area contributed by atoms with Crippen LogP contribution in [-0.2, 0) is 4.79 Å². The third-order valence-electron chi connectivity index (χ3n) is 2.79. The van der Waals surface area contributed by atoms with Crippen molar-refractivity contribution in [1.29, 1.82) is 0 Å². The van der Waals surface area contributed by atoms with Crippen LogP contribution in [0.25, 0.3) is 0 Å². The molecule has 1 rings (SSSR count). The molecule has 0 aliphatic heterocycles. The van der Waals surface area contributed by atoms with Gasteiger partial charge >= 0.3 is 0 Å². The maximum absolute atomic E-state index is 11.6.